The van der Waals surface area contributed by atoms with E-state index in [2.05, 4.69) is 0 Å². The second kappa shape index (κ2) is 6.67. The van der Waals surface area contributed by atoms with E-state index in [4.69, 9.17) is 5.11 Å². The van der Waals surface area contributed by atoms with Crippen LogP contribution in [-0.4, -0.2) is 40.5 Å². The Morgan fingerprint density at radius 2 is 1.86 bits per heavy atom. The van der Waals surface area contributed by atoms with Crippen molar-refractivity contribution >= 4 is 11.6 Å². The first kappa shape index (κ1) is 15.4. The average Bonchev–Trinajstić information content (AvgIpc) is 2.53. The lowest BCUT2D eigenvalue weighted by molar-refractivity contribution is -0.384. The van der Waals surface area contributed by atoms with E-state index >= 15 is 0 Å². The lowest BCUT2D eigenvalue weighted by Crippen LogP contribution is -2.39. The van der Waals surface area contributed by atoms with Crippen molar-refractivity contribution in [3.05, 3.63) is 39.9 Å². The van der Waals surface area contributed by atoms with Gasteiger partial charge in [0.05, 0.1) is 4.92 Å². The van der Waals surface area contributed by atoms with E-state index in [0.29, 0.717) is 11.5 Å². The van der Waals surface area contributed by atoms with Crippen molar-refractivity contribution in [1.29, 1.82) is 0 Å². The largest absolute Gasteiger partial charge is 0.396 e. The highest BCUT2D eigenvalue weighted by Gasteiger charge is 2.26. The van der Waals surface area contributed by atoms with Crippen molar-refractivity contribution in [2.45, 2.75) is 31.7 Å². The van der Waals surface area contributed by atoms with Crippen molar-refractivity contribution in [2.24, 2.45) is 5.92 Å². The predicted octanol–water partition coefficient (Wildman–Crippen LogP) is 2.22. The maximum Gasteiger partial charge on any atom is 0.269 e. The van der Waals surface area contributed by atoms with Gasteiger partial charge in [0.25, 0.3) is 11.6 Å². The Labute approximate surface area is 123 Å². The number of non-ortho nitro benzene ring substituents is 1. The molecule has 114 valence electrons. The van der Waals surface area contributed by atoms with Crippen molar-refractivity contribution < 1.29 is 14.8 Å². The number of rotatable bonds is 4. The van der Waals surface area contributed by atoms with Gasteiger partial charge in [0, 0.05) is 37.4 Å². The smallest absolute Gasteiger partial charge is 0.269 e. The van der Waals surface area contributed by atoms with Crippen molar-refractivity contribution in [2.75, 3.05) is 13.7 Å². The lowest BCUT2D eigenvalue weighted by atomic mass is 9.86. The van der Waals surface area contributed by atoms with E-state index < -0.39 is 4.92 Å². The molecule has 0 aromatic heterocycles. The maximum absolute atomic E-state index is 12.4. The summed E-state index contributed by atoms with van der Waals surface area (Å²) in [5.74, 6) is 0.237. The van der Waals surface area contributed by atoms with E-state index in [1.54, 1.807) is 11.9 Å². The monoisotopic (exact) mass is 292 g/mol. The molecular formula is C15H20N2O4. The molecule has 2 rings (SSSR count). The molecule has 1 aliphatic rings. The topological polar surface area (TPSA) is 83.7 Å². The summed E-state index contributed by atoms with van der Waals surface area (Å²) in [6.07, 6.45) is 3.64. The van der Waals surface area contributed by atoms with Crippen LogP contribution in [0.15, 0.2) is 24.3 Å². The molecule has 1 N–H and O–H groups in total. The Balaban J connectivity index is 2.00. The van der Waals surface area contributed by atoms with E-state index in [9.17, 15) is 14.9 Å². The molecule has 0 unspecified atom stereocenters. The Kier molecular flexibility index (Phi) is 4.90. The summed E-state index contributed by atoms with van der Waals surface area (Å²) >= 11 is 0. The first-order chi connectivity index (χ1) is 10.0. The van der Waals surface area contributed by atoms with Crippen LogP contribution in [0.4, 0.5) is 5.69 Å². The molecule has 6 nitrogen and oxygen atoms in total. The molecule has 1 saturated carbocycles. The number of carbonyl (C=O) groups excluding carboxylic acids is 1. The zero-order valence-corrected chi connectivity index (χ0v) is 12.1. The van der Waals surface area contributed by atoms with Crippen LogP contribution in [0.1, 0.15) is 36.0 Å². The molecule has 0 bridgehead atoms. The fourth-order valence-corrected chi connectivity index (χ4v) is 2.81. The number of nitrogens with zero attached hydrogens (tertiary/aromatic N) is 2. The first-order valence-corrected chi connectivity index (χ1v) is 7.15. The number of nitro groups is 1. The van der Waals surface area contributed by atoms with Crippen molar-refractivity contribution in [3.8, 4) is 0 Å². The highest BCUT2D eigenvalue weighted by Crippen LogP contribution is 2.27. The summed E-state index contributed by atoms with van der Waals surface area (Å²) in [6.45, 7) is 0.215. The van der Waals surface area contributed by atoms with Gasteiger partial charge in [0.1, 0.15) is 0 Å². The molecule has 1 fully saturated rings. The van der Waals surface area contributed by atoms with E-state index in [1.807, 2.05) is 0 Å². The van der Waals surface area contributed by atoms with Gasteiger partial charge in [-0.05, 0) is 43.7 Å². The minimum Gasteiger partial charge on any atom is -0.396 e. The summed E-state index contributed by atoms with van der Waals surface area (Å²) in [4.78, 5) is 24.2. The molecular weight excluding hydrogens is 272 g/mol. The quantitative estimate of drug-likeness (QED) is 0.681. The molecule has 0 heterocycles. The number of carbonyl (C=O) groups is 1. The highest BCUT2D eigenvalue weighted by atomic mass is 16.6. The van der Waals surface area contributed by atoms with Crippen LogP contribution in [0.5, 0.6) is 0 Å². The number of hydrogen-bond donors (Lipinski definition) is 1. The molecule has 21 heavy (non-hydrogen) atoms. The van der Waals surface area contributed by atoms with Gasteiger partial charge in [-0.3, -0.25) is 14.9 Å². The molecule has 1 amide bonds. The van der Waals surface area contributed by atoms with Crippen LogP contribution < -0.4 is 0 Å². The molecule has 0 atom stereocenters. The maximum atomic E-state index is 12.4. The second-order valence-electron chi connectivity index (χ2n) is 5.58. The number of aliphatic hydroxyl groups is 1. The fraction of sp³-hybridized carbons (Fsp3) is 0.533. The molecule has 1 aromatic rings. The van der Waals surface area contributed by atoms with Crippen LogP contribution in [0, 0.1) is 16.0 Å². The summed E-state index contributed by atoms with van der Waals surface area (Å²) in [5.41, 5.74) is 0.449. The highest BCUT2D eigenvalue weighted by molar-refractivity contribution is 5.94. The van der Waals surface area contributed by atoms with Gasteiger partial charge < -0.3 is 10.0 Å². The number of hydrogen-bond acceptors (Lipinski definition) is 4. The van der Waals surface area contributed by atoms with Crippen molar-refractivity contribution in [3.63, 3.8) is 0 Å². The molecule has 0 aliphatic heterocycles. The summed E-state index contributed by atoms with van der Waals surface area (Å²) in [7, 11) is 1.77. The Morgan fingerprint density at radius 1 is 1.29 bits per heavy atom. The summed E-state index contributed by atoms with van der Waals surface area (Å²) in [5, 5.41) is 19.8. The van der Waals surface area contributed by atoms with Gasteiger partial charge in [0.2, 0.25) is 0 Å². The Morgan fingerprint density at radius 3 is 2.33 bits per heavy atom. The van der Waals surface area contributed by atoms with Gasteiger partial charge in [-0.25, -0.2) is 0 Å². The van der Waals surface area contributed by atoms with Crippen molar-refractivity contribution in [1.82, 2.24) is 4.90 Å². The van der Waals surface area contributed by atoms with Gasteiger partial charge in [-0.15, -0.1) is 0 Å². The molecule has 0 saturated heterocycles. The minimum absolute atomic E-state index is 0.0161. The zero-order chi connectivity index (χ0) is 15.4. The van der Waals surface area contributed by atoms with Crippen LogP contribution in [0.3, 0.4) is 0 Å². The summed E-state index contributed by atoms with van der Waals surface area (Å²) < 4.78 is 0. The minimum atomic E-state index is -0.478. The SMILES string of the molecule is CN(C(=O)c1ccc([N+](=O)[O-])cc1)C1CCC(CO)CC1. The Bertz CT molecular complexity index is 507. The number of benzene rings is 1. The Hall–Kier alpha value is -1.95. The van der Waals surface area contributed by atoms with Crippen LogP contribution in [0.25, 0.3) is 0 Å². The molecule has 1 aliphatic carbocycles. The number of amides is 1. The van der Waals surface area contributed by atoms with Crippen LogP contribution in [-0.2, 0) is 0 Å². The first-order valence-electron chi connectivity index (χ1n) is 7.15. The van der Waals surface area contributed by atoms with Crippen LogP contribution >= 0.6 is 0 Å². The van der Waals surface area contributed by atoms with Gasteiger partial charge >= 0.3 is 0 Å². The average molecular weight is 292 g/mol. The van der Waals surface area contributed by atoms with E-state index in [0.717, 1.165) is 25.7 Å². The van der Waals surface area contributed by atoms with Gasteiger partial charge in [0.15, 0.2) is 0 Å². The third-order valence-corrected chi connectivity index (χ3v) is 4.27. The normalized spacial score (nSPS) is 21.8. The zero-order valence-electron chi connectivity index (χ0n) is 12.1. The molecule has 6 heteroatoms. The summed E-state index contributed by atoms with van der Waals surface area (Å²) in [6, 6.07) is 5.87. The third-order valence-electron chi connectivity index (χ3n) is 4.27. The van der Waals surface area contributed by atoms with Gasteiger partial charge in [-0.2, -0.15) is 0 Å². The van der Waals surface area contributed by atoms with Crippen LogP contribution in [0.2, 0.25) is 0 Å². The predicted molar refractivity (Wildman–Crippen MR) is 78.0 cm³/mol. The fourth-order valence-electron chi connectivity index (χ4n) is 2.81. The van der Waals surface area contributed by atoms with E-state index in [1.165, 1.54) is 24.3 Å². The second-order valence-corrected chi connectivity index (χ2v) is 5.58. The van der Waals surface area contributed by atoms with E-state index in [-0.39, 0.29) is 24.2 Å². The number of nitro benzene ring substituents is 1. The lowest BCUT2D eigenvalue weighted by Gasteiger charge is -2.34. The third kappa shape index (κ3) is 3.58. The standard InChI is InChI=1S/C15H20N2O4/c1-16(13-6-2-11(10-18)3-7-13)15(19)12-4-8-14(9-5-12)17(20)21/h4-5,8-9,11,13,18H,2-3,6-7,10H2,1H3. The molecule has 1 aromatic carbocycles. The molecule has 0 radical (unpaired) electrons. The van der Waals surface area contributed by atoms with Gasteiger partial charge in [-0.1, -0.05) is 0 Å². The number of aliphatic hydroxyl groups excluding tert-OH is 1. The molecule has 0 spiro atoms.